The second-order valence-electron chi connectivity index (χ2n) is 4.50. The lowest BCUT2D eigenvalue weighted by Crippen LogP contribution is -2.27. The molecular weight excluding hydrogens is 324 g/mol. The lowest BCUT2D eigenvalue weighted by atomic mass is 10.2. The van der Waals surface area contributed by atoms with E-state index in [0.717, 1.165) is 6.26 Å². The maximum atomic E-state index is 12.1. The largest absolute Gasteiger partial charge is 0.398 e. The molecule has 6 nitrogen and oxygen atoms in total. The van der Waals surface area contributed by atoms with Crippen molar-refractivity contribution in [2.24, 2.45) is 0 Å². The van der Waals surface area contributed by atoms with Crippen molar-refractivity contribution in [2.75, 3.05) is 24.3 Å². The third-order valence-corrected chi connectivity index (χ3v) is 5.47. The molecule has 1 aromatic rings. The zero-order valence-electron chi connectivity index (χ0n) is 11.2. The molecule has 0 aliphatic heterocycles. The molecule has 0 aromatic heterocycles. The van der Waals surface area contributed by atoms with Crippen LogP contribution < -0.4 is 10.5 Å². The van der Waals surface area contributed by atoms with E-state index in [2.05, 4.69) is 4.72 Å². The summed E-state index contributed by atoms with van der Waals surface area (Å²) in [5.74, 6) is -0.0772. The normalized spacial score (nSPS) is 12.6. The van der Waals surface area contributed by atoms with Gasteiger partial charge in [-0.3, -0.25) is 0 Å². The third-order valence-electron chi connectivity index (χ3n) is 2.64. The maximum Gasteiger partial charge on any atom is 0.240 e. The molecule has 0 aliphatic rings. The number of nitrogen functional groups attached to an aromatic ring is 1. The van der Waals surface area contributed by atoms with Crippen molar-refractivity contribution in [3.05, 3.63) is 22.7 Å². The summed E-state index contributed by atoms with van der Waals surface area (Å²) < 4.78 is 48.5. The monoisotopic (exact) mass is 340 g/mol. The molecule has 0 saturated heterocycles. The first-order valence-corrected chi connectivity index (χ1v) is 9.68. The van der Waals surface area contributed by atoms with Gasteiger partial charge in [-0.15, -0.1) is 0 Å². The molecule has 0 atom stereocenters. The van der Waals surface area contributed by atoms with Gasteiger partial charge in [-0.1, -0.05) is 11.6 Å². The van der Waals surface area contributed by atoms with Crippen LogP contribution in [0.15, 0.2) is 17.0 Å². The molecule has 0 aliphatic carbocycles. The summed E-state index contributed by atoms with van der Waals surface area (Å²) in [5, 5.41) is 0.226. The number of nitrogens with two attached hydrogens (primary N) is 1. The van der Waals surface area contributed by atoms with Gasteiger partial charge in [-0.25, -0.2) is 21.6 Å². The zero-order valence-corrected chi connectivity index (χ0v) is 13.6. The van der Waals surface area contributed by atoms with Crippen LogP contribution >= 0.6 is 11.6 Å². The molecule has 1 rings (SSSR count). The molecule has 0 fully saturated rings. The first-order valence-electron chi connectivity index (χ1n) is 5.76. The Morgan fingerprint density at radius 2 is 1.85 bits per heavy atom. The molecule has 20 heavy (non-hydrogen) atoms. The average molecular weight is 341 g/mol. The highest BCUT2D eigenvalue weighted by atomic mass is 35.5. The second kappa shape index (κ2) is 6.30. The summed E-state index contributed by atoms with van der Waals surface area (Å²) in [5.41, 5.74) is 6.37. The van der Waals surface area contributed by atoms with Crippen LogP contribution in [0, 0.1) is 6.92 Å². The Labute approximate surface area is 124 Å². The van der Waals surface area contributed by atoms with Crippen molar-refractivity contribution >= 4 is 37.1 Å². The Balaban J connectivity index is 2.85. The Morgan fingerprint density at radius 1 is 1.25 bits per heavy atom. The van der Waals surface area contributed by atoms with Gasteiger partial charge in [-0.2, -0.15) is 0 Å². The van der Waals surface area contributed by atoms with Crippen LogP contribution in [-0.2, 0) is 19.9 Å². The average Bonchev–Trinajstić information content (AvgIpc) is 2.28. The van der Waals surface area contributed by atoms with Gasteiger partial charge in [0, 0.05) is 23.5 Å². The van der Waals surface area contributed by atoms with Crippen LogP contribution in [0.3, 0.4) is 0 Å². The predicted octanol–water partition coefficient (Wildman–Crippen LogP) is 0.944. The number of rotatable bonds is 6. The van der Waals surface area contributed by atoms with E-state index in [0.29, 0.717) is 5.56 Å². The molecule has 0 spiro atoms. The van der Waals surface area contributed by atoms with Crippen molar-refractivity contribution in [3.63, 3.8) is 0 Å². The lowest BCUT2D eigenvalue weighted by Gasteiger charge is -2.11. The molecule has 9 heteroatoms. The summed E-state index contributed by atoms with van der Waals surface area (Å²) in [7, 11) is -6.87. The number of anilines is 1. The van der Waals surface area contributed by atoms with Crippen LogP contribution in [0.25, 0.3) is 0 Å². The van der Waals surface area contributed by atoms with E-state index in [4.69, 9.17) is 17.3 Å². The minimum absolute atomic E-state index is 0.00172. The smallest absolute Gasteiger partial charge is 0.240 e. The van der Waals surface area contributed by atoms with E-state index >= 15 is 0 Å². The van der Waals surface area contributed by atoms with Crippen molar-refractivity contribution in [1.29, 1.82) is 0 Å². The number of sulfone groups is 1. The number of halogens is 1. The molecule has 0 amide bonds. The molecule has 0 unspecified atom stereocenters. The second-order valence-corrected chi connectivity index (χ2v) is 8.93. The lowest BCUT2D eigenvalue weighted by molar-refractivity contribution is 0.577. The van der Waals surface area contributed by atoms with E-state index in [-0.39, 0.29) is 34.3 Å². The van der Waals surface area contributed by atoms with E-state index < -0.39 is 19.9 Å². The SMILES string of the molecule is Cc1c(N)cc(Cl)cc1S(=O)(=O)NCCCS(C)(=O)=O. The minimum Gasteiger partial charge on any atom is -0.398 e. The number of sulfonamides is 1. The first-order chi connectivity index (χ1) is 9.03. The van der Waals surface area contributed by atoms with Gasteiger partial charge in [0.25, 0.3) is 0 Å². The molecule has 0 heterocycles. The number of nitrogens with one attached hydrogen (secondary N) is 1. The Hall–Kier alpha value is -0.830. The quantitative estimate of drug-likeness (QED) is 0.592. The summed E-state index contributed by atoms with van der Waals surface area (Å²) >= 11 is 5.80. The van der Waals surface area contributed by atoms with E-state index in [9.17, 15) is 16.8 Å². The number of hydrogen-bond acceptors (Lipinski definition) is 5. The molecule has 3 N–H and O–H groups in total. The molecule has 114 valence electrons. The standard InChI is InChI=1S/C11H17ClN2O4S2/c1-8-10(13)6-9(12)7-11(8)20(17,18)14-4-3-5-19(2,15)16/h6-7,14H,3-5,13H2,1-2H3. The van der Waals surface area contributed by atoms with E-state index in [1.165, 1.54) is 12.1 Å². The van der Waals surface area contributed by atoms with Crippen molar-refractivity contribution < 1.29 is 16.8 Å². The molecule has 0 bridgehead atoms. The van der Waals surface area contributed by atoms with Crippen molar-refractivity contribution in [3.8, 4) is 0 Å². The summed E-state index contributed by atoms with van der Waals surface area (Å²) in [6.07, 6.45) is 1.30. The highest BCUT2D eigenvalue weighted by molar-refractivity contribution is 7.90. The van der Waals surface area contributed by atoms with Crippen LogP contribution in [0.4, 0.5) is 5.69 Å². The Morgan fingerprint density at radius 3 is 2.40 bits per heavy atom. The van der Waals surface area contributed by atoms with Gasteiger partial charge in [0.15, 0.2) is 0 Å². The zero-order chi connectivity index (χ0) is 15.6. The molecule has 0 radical (unpaired) electrons. The van der Waals surface area contributed by atoms with E-state index in [1.807, 2.05) is 0 Å². The predicted molar refractivity (Wildman–Crippen MR) is 80.1 cm³/mol. The maximum absolute atomic E-state index is 12.1. The van der Waals surface area contributed by atoms with Gasteiger partial charge < -0.3 is 5.73 Å². The number of hydrogen-bond donors (Lipinski definition) is 2. The Kier molecular flexibility index (Phi) is 5.42. The van der Waals surface area contributed by atoms with Gasteiger partial charge in [0.05, 0.1) is 10.6 Å². The van der Waals surface area contributed by atoms with Gasteiger partial charge in [-0.05, 0) is 31.0 Å². The third kappa shape index (κ3) is 4.93. The van der Waals surface area contributed by atoms with Crippen molar-refractivity contribution in [1.82, 2.24) is 4.72 Å². The van der Waals surface area contributed by atoms with Gasteiger partial charge >= 0.3 is 0 Å². The summed E-state index contributed by atoms with van der Waals surface area (Å²) in [4.78, 5) is 0.00172. The highest BCUT2D eigenvalue weighted by Crippen LogP contribution is 2.25. The van der Waals surface area contributed by atoms with Crippen LogP contribution in [-0.4, -0.2) is 35.4 Å². The topological polar surface area (TPSA) is 106 Å². The number of benzene rings is 1. The summed E-state index contributed by atoms with van der Waals surface area (Å²) in [6.45, 7) is 1.61. The van der Waals surface area contributed by atoms with Gasteiger partial charge in [0.2, 0.25) is 10.0 Å². The van der Waals surface area contributed by atoms with Crippen molar-refractivity contribution in [2.45, 2.75) is 18.2 Å². The highest BCUT2D eigenvalue weighted by Gasteiger charge is 2.18. The minimum atomic E-state index is -3.76. The Bertz CT molecular complexity index is 699. The van der Waals surface area contributed by atoms with Crippen LogP contribution in [0.2, 0.25) is 5.02 Å². The fourth-order valence-electron chi connectivity index (χ4n) is 1.57. The van der Waals surface area contributed by atoms with Gasteiger partial charge in [0.1, 0.15) is 9.84 Å². The molecular formula is C11H17ClN2O4S2. The fourth-order valence-corrected chi connectivity index (χ4v) is 3.90. The molecule has 0 saturated carbocycles. The first kappa shape index (κ1) is 17.2. The summed E-state index contributed by atoms with van der Waals surface area (Å²) in [6, 6.07) is 2.78. The molecule has 1 aromatic carbocycles. The van der Waals surface area contributed by atoms with Crippen LogP contribution in [0.1, 0.15) is 12.0 Å². The fraction of sp³-hybridized carbons (Fsp3) is 0.455. The van der Waals surface area contributed by atoms with Crippen LogP contribution in [0.5, 0.6) is 0 Å². The van der Waals surface area contributed by atoms with E-state index in [1.54, 1.807) is 6.92 Å².